The Bertz CT molecular complexity index is 518. The number of nitrogens with zero attached hydrogens (tertiary/aromatic N) is 2. The van der Waals surface area contributed by atoms with Gasteiger partial charge in [-0.2, -0.15) is 0 Å². The number of carbonyl (C=O) groups is 1. The Balaban J connectivity index is 2.57. The molecule has 16 heavy (non-hydrogen) atoms. The minimum atomic E-state index is 0.665. The van der Waals surface area contributed by atoms with Crippen molar-refractivity contribution in [3.05, 3.63) is 47.5 Å². The molecule has 0 radical (unpaired) electrons. The molecule has 0 amide bonds. The van der Waals surface area contributed by atoms with Gasteiger partial charge in [0.2, 0.25) is 0 Å². The van der Waals surface area contributed by atoms with Gasteiger partial charge in [0.15, 0.2) is 6.29 Å². The highest BCUT2D eigenvalue weighted by molar-refractivity contribution is 5.87. The summed E-state index contributed by atoms with van der Waals surface area (Å²) in [6.07, 6.45) is 4.34. The Morgan fingerprint density at radius 2 is 1.81 bits per heavy atom. The first-order chi connectivity index (χ1) is 7.70. The van der Waals surface area contributed by atoms with Crippen LogP contribution in [0.5, 0.6) is 0 Å². The van der Waals surface area contributed by atoms with Gasteiger partial charge in [-0.1, -0.05) is 23.8 Å². The maximum atomic E-state index is 10.9. The van der Waals surface area contributed by atoms with Gasteiger partial charge in [-0.15, -0.1) is 0 Å². The molecule has 0 saturated heterocycles. The van der Waals surface area contributed by atoms with Crippen molar-refractivity contribution in [1.82, 2.24) is 9.97 Å². The quantitative estimate of drug-likeness (QED) is 0.718. The number of carbonyl (C=O) groups excluding carboxylic acids is 1. The van der Waals surface area contributed by atoms with Crippen LogP contribution in [0.3, 0.4) is 0 Å². The van der Waals surface area contributed by atoms with Crippen LogP contribution in [0.4, 0.5) is 0 Å². The second-order valence-electron chi connectivity index (χ2n) is 3.73. The number of rotatable bonds is 2. The van der Waals surface area contributed by atoms with Crippen LogP contribution in [0.1, 0.15) is 21.7 Å². The second-order valence-corrected chi connectivity index (χ2v) is 3.73. The molecule has 2 aromatic rings. The first-order valence-electron chi connectivity index (χ1n) is 5.05. The molecule has 0 N–H and O–H groups in total. The first kappa shape index (κ1) is 10.5. The predicted molar refractivity (Wildman–Crippen MR) is 62.3 cm³/mol. The minimum Gasteiger partial charge on any atom is -0.298 e. The molecule has 0 aliphatic heterocycles. The standard InChI is InChI=1S/C13H12N2O/c1-9-3-4-11(8-16)13(5-9)12-6-14-10(2)15-7-12/h3-8H,1-2H3. The van der Waals surface area contributed by atoms with Crippen LogP contribution in [0.2, 0.25) is 0 Å². The van der Waals surface area contributed by atoms with E-state index in [1.54, 1.807) is 12.4 Å². The molecule has 0 aliphatic carbocycles. The van der Waals surface area contributed by atoms with E-state index >= 15 is 0 Å². The van der Waals surface area contributed by atoms with E-state index in [-0.39, 0.29) is 0 Å². The van der Waals surface area contributed by atoms with Crippen LogP contribution >= 0.6 is 0 Å². The Morgan fingerprint density at radius 3 is 2.44 bits per heavy atom. The fraction of sp³-hybridized carbons (Fsp3) is 0.154. The Morgan fingerprint density at radius 1 is 1.12 bits per heavy atom. The lowest BCUT2D eigenvalue weighted by Crippen LogP contribution is -1.92. The van der Waals surface area contributed by atoms with E-state index in [2.05, 4.69) is 9.97 Å². The molecule has 1 aromatic heterocycles. The van der Waals surface area contributed by atoms with Crippen molar-refractivity contribution in [2.45, 2.75) is 13.8 Å². The molecule has 0 fully saturated rings. The molecule has 0 atom stereocenters. The molecule has 0 saturated carbocycles. The average Bonchev–Trinajstić information content (AvgIpc) is 2.30. The maximum absolute atomic E-state index is 10.9. The van der Waals surface area contributed by atoms with Crippen molar-refractivity contribution < 1.29 is 4.79 Å². The van der Waals surface area contributed by atoms with E-state index in [1.807, 2.05) is 32.0 Å². The largest absolute Gasteiger partial charge is 0.298 e. The van der Waals surface area contributed by atoms with Gasteiger partial charge < -0.3 is 0 Å². The Hall–Kier alpha value is -2.03. The van der Waals surface area contributed by atoms with Gasteiger partial charge in [0, 0.05) is 23.5 Å². The maximum Gasteiger partial charge on any atom is 0.150 e. The summed E-state index contributed by atoms with van der Waals surface area (Å²) in [6.45, 7) is 3.83. The summed E-state index contributed by atoms with van der Waals surface area (Å²) in [7, 11) is 0. The highest BCUT2D eigenvalue weighted by atomic mass is 16.1. The van der Waals surface area contributed by atoms with E-state index in [0.29, 0.717) is 5.56 Å². The molecular weight excluding hydrogens is 200 g/mol. The normalized spacial score (nSPS) is 10.1. The van der Waals surface area contributed by atoms with Crippen LogP contribution in [-0.2, 0) is 0 Å². The van der Waals surface area contributed by atoms with Gasteiger partial charge in [0.05, 0.1) is 0 Å². The van der Waals surface area contributed by atoms with Gasteiger partial charge in [-0.3, -0.25) is 4.79 Å². The van der Waals surface area contributed by atoms with Crippen molar-refractivity contribution in [2.24, 2.45) is 0 Å². The van der Waals surface area contributed by atoms with E-state index in [4.69, 9.17) is 0 Å². The molecular formula is C13H12N2O. The molecule has 0 unspecified atom stereocenters. The second kappa shape index (κ2) is 4.23. The summed E-state index contributed by atoms with van der Waals surface area (Å²) in [5.41, 5.74) is 3.53. The van der Waals surface area contributed by atoms with Crippen LogP contribution in [0, 0.1) is 13.8 Å². The third-order valence-electron chi connectivity index (χ3n) is 2.43. The number of hydrogen-bond donors (Lipinski definition) is 0. The van der Waals surface area contributed by atoms with Crippen molar-refractivity contribution in [3.63, 3.8) is 0 Å². The topological polar surface area (TPSA) is 42.9 Å². The van der Waals surface area contributed by atoms with E-state index in [0.717, 1.165) is 28.8 Å². The first-order valence-corrected chi connectivity index (χ1v) is 5.05. The smallest absolute Gasteiger partial charge is 0.150 e. The SMILES string of the molecule is Cc1ccc(C=O)c(-c2cnc(C)nc2)c1. The molecule has 3 nitrogen and oxygen atoms in total. The molecule has 1 heterocycles. The van der Waals surface area contributed by atoms with Crippen LogP contribution < -0.4 is 0 Å². The van der Waals surface area contributed by atoms with Gasteiger partial charge in [-0.05, 0) is 19.4 Å². The molecule has 3 heteroatoms. The Kier molecular flexibility index (Phi) is 2.77. The predicted octanol–water partition coefficient (Wildman–Crippen LogP) is 2.57. The molecule has 2 rings (SSSR count). The lowest BCUT2D eigenvalue weighted by molar-refractivity contribution is 0.112. The molecule has 0 bridgehead atoms. The third-order valence-corrected chi connectivity index (χ3v) is 2.43. The Labute approximate surface area is 94.2 Å². The van der Waals surface area contributed by atoms with Crippen molar-refractivity contribution in [1.29, 1.82) is 0 Å². The fourth-order valence-corrected chi connectivity index (χ4v) is 1.55. The molecule has 80 valence electrons. The van der Waals surface area contributed by atoms with Gasteiger partial charge in [-0.25, -0.2) is 9.97 Å². The minimum absolute atomic E-state index is 0.665. The van der Waals surface area contributed by atoms with E-state index < -0.39 is 0 Å². The van der Waals surface area contributed by atoms with Crippen LogP contribution in [0.15, 0.2) is 30.6 Å². The molecule has 1 aromatic carbocycles. The number of benzene rings is 1. The summed E-state index contributed by atoms with van der Waals surface area (Å²) in [6, 6.07) is 5.71. The van der Waals surface area contributed by atoms with E-state index in [9.17, 15) is 4.79 Å². The third kappa shape index (κ3) is 1.98. The zero-order valence-corrected chi connectivity index (χ0v) is 9.27. The van der Waals surface area contributed by atoms with E-state index in [1.165, 1.54) is 0 Å². The lowest BCUT2D eigenvalue weighted by Gasteiger charge is -2.05. The zero-order chi connectivity index (χ0) is 11.5. The van der Waals surface area contributed by atoms with Crippen molar-refractivity contribution in [2.75, 3.05) is 0 Å². The fourth-order valence-electron chi connectivity index (χ4n) is 1.55. The summed E-state index contributed by atoms with van der Waals surface area (Å²) >= 11 is 0. The summed E-state index contributed by atoms with van der Waals surface area (Å²) in [5, 5.41) is 0. The average molecular weight is 212 g/mol. The van der Waals surface area contributed by atoms with Gasteiger partial charge in [0.1, 0.15) is 5.82 Å². The van der Waals surface area contributed by atoms with Gasteiger partial charge in [0.25, 0.3) is 0 Å². The monoisotopic (exact) mass is 212 g/mol. The molecule has 0 aliphatic rings. The lowest BCUT2D eigenvalue weighted by atomic mass is 10.0. The number of hydrogen-bond acceptors (Lipinski definition) is 3. The number of aryl methyl sites for hydroxylation is 2. The molecule has 0 spiro atoms. The number of aromatic nitrogens is 2. The highest BCUT2D eigenvalue weighted by Crippen LogP contribution is 2.22. The zero-order valence-electron chi connectivity index (χ0n) is 9.27. The van der Waals surface area contributed by atoms with Crippen molar-refractivity contribution >= 4 is 6.29 Å². The summed E-state index contributed by atoms with van der Waals surface area (Å²) < 4.78 is 0. The summed E-state index contributed by atoms with van der Waals surface area (Å²) in [4.78, 5) is 19.2. The van der Waals surface area contributed by atoms with Crippen LogP contribution in [0.25, 0.3) is 11.1 Å². The number of aldehydes is 1. The summed E-state index contributed by atoms with van der Waals surface area (Å²) in [5.74, 6) is 0.726. The van der Waals surface area contributed by atoms with Crippen LogP contribution in [-0.4, -0.2) is 16.3 Å². The van der Waals surface area contributed by atoms with Crippen molar-refractivity contribution in [3.8, 4) is 11.1 Å². The van der Waals surface area contributed by atoms with Gasteiger partial charge >= 0.3 is 0 Å². The highest BCUT2D eigenvalue weighted by Gasteiger charge is 2.05.